The van der Waals surface area contributed by atoms with Gasteiger partial charge >= 0.3 is 0 Å². The average molecular weight is 385 g/mol. The Morgan fingerprint density at radius 2 is 2.26 bits per heavy atom. The molecule has 2 aliphatic rings. The van der Waals surface area contributed by atoms with Crippen molar-refractivity contribution < 1.29 is 9.53 Å². The van der Waals surface area contributed by atoms with E-state index < -0.39 is 0 Å². The van der Waals surface area contributed by atoms with Crippen molar-refractivity contribution in [3.63, 3.8) is 0 Å². The van der Waals surface area contributed by atoms with E-state index in [1.165, 1.54) is 16.9 Å². The van der Waals surface area contributed by atoms with Crippen LogP contribution in [-0.4, -0.2) is 44.0 Å². The van der Waals surface area contributed by atoms with Gasteiger partial charge in [0.15, 0.2) is 5.78 Å². The number of ether oxygens (including phenoxy) is 1. The topological polar surface area (TPSA) is 86.2 Å². The molecule has 0 spiro atoms. The molecule has 6 nitrogen and oxygen atoms in total. The van der Waals surface area contributed by atoms with E-state index in [-0.39, 0.29) is 17.9 Å². The van der Waals surface area contributed by atoms with Crippen molar-refractivity contribution in [2.24, 2.45) is 0 Å². The van der Waals surface area contributed by atoms with Gasteiger partial charge in [-0.25, -0.2) is 0 Å². The maximum atomic E-state index is 12.6. The number of hydrogen-bond donors (Lipinski definition) is 4. The summed E-state index contributed by atoms with van der Waals surface area (Å²) in [6, 6.07) is 10.1. The van der Waals surface area contributed by atoms with Crippen LogP contribution < -0.4 is 16.0 Å². The third-order valence-electron chi connectivity index (χ3n) is 5.04. The van der Waals surface area contributed by atoms with Crippen LogP contribution in [0.5, 0.6) is 0 Å². The van der Waals surface area contributed by atoms with Crippen molar-refractivity contribution in [3.05, 3.63) is 51.7 Å². The van der Waals surface area contributed by atoms with E-state index in [0.29, 0.717) is 25.4 Å². The molecule has 27 heavy (non-hydrogen) atoms. The summed E-state index contributed by atoms with van der Waals surface area (Å²) in [4.78, 5) is 13.5. The van der Waals surface area contributed by atoms with Crippen LogP contribution in [0, 0.1) is 5.41 Å². The minimum absolute atomic E-state index is 0.00977. The normalized spacial score (nSPS) is 22.1. The third kappa shape index (κ3) is 4.27. The van der Waals surface area contributed by atoms with Crippen molar-refractivity contribution in [1.29, 1.82) is 5.41 Å². The van der Waals surface area contributed by atoms with Gasteiger partial charge in [0, 0.05) is 31.2 Å². The number of morpholine rings is 1. The molecule has 0 radical (unpaired) electrons. The van der Waals surface area contributed by atoms with Gasteiger partial charge < -0.3 is 20.7 Å². The van der Waals surface area contributed by atoms with Gasteiger partial charge in [-0.05, 0) is 47.7 Å². The molecule has 0 saturated carbocycles. The second-order valence-corrected chi connectivity index (χ2v) is 7.83. The molecule has 7 heteroatoms. The largest absolute Gasteiger partial charge is 0.368 e. The fraction of sp³-hybridized carbons (Fsp3) is 0.400. The van der Waals surface area contributed by atoms with Crippen LogP contribution in [0.1, 0.15) is 28.5 Å². The number of amidine groups is 1. The number of ketones is 1. The van der Waals surface area contributed by atoms with Gasteiger partial charge in [0.05, 0.1) is 11.5 Å². The number of benzene rings is 1. The highest BCUT2D eigenvalue weighted by Gasteiger charge is 2.28. The van der Waals surface area contributed by atoms with E-state index in [0.717, 1.165) is 35.6 Å². The van der Waals surface area contributed by atoms with Crippen LogP contribution in [-0.2, 0) is 16.0 Å². The van der Waals surface area contributed by atoms with Gasteiger partial charge in [-0.1, -0.05) is 12.1 Å². The number of fused-ring (bicyclic) bond motifs is 1. The number of Topliss-reactive ketones (excluding diaryl/α,β-unsaturated/α-hetero) is 1. The molecule has 2 atom stereocenters. The monoisotopic (exact) mass is 384 g/mol. The summed E-state index contributed by atoms with van der Waals surface area (Å²) >= 11 is 1.54. The van der Waals surface area contributed by atoms with E-state index in [1.54, 1.807) is 0 Å². The van der Waals surface area contributed by atoms with Crippen molar-refractivity contribution in [2.75, 3.05) is 31.6 Å². The quantitative estimate of drug-likeness (QED) is 0.470. The van der Waals surface area contributed by atoms with E-state index >= 15 is 0 Å². The van der Waals surface area contributed by atoms with Crippen LogP contribution in [0.15, 0.2) is 35.7 Å². The molecule has 2 unspecified atom stereocenters. The Labute approximate surface area is 162 Å². The molecule has 0 bridgehead atoms. The van der Waals surface area contributed by atoms with Crippen LogP contribution in [0.2, 0.25) is 0 Å². The number of carbonyl (C=O) groups excluding carboxylic acids is 1. The summed E-state index contributed by atoms with van der Waals surface area (Å²) in [5, 5.41) is 20.1. The summed E-state index contributed by atoms with van der Waals surface area (Å²) in [6.07, 6.45) is 1.02. The van der Waals surface area contributed by atoms with Crippen molar-refractivity contribution >= 4 is 28.6 Å². The highest BCUT2D eigenvalue weighted by molar-refractivity contribution is 7.12. The standard InChI is InChI=1S/C20H24N4O2S/c21-20(19-2-1-9-27-19)24-14-4-3-13-5-6-23-16(15(13)10-14)11-17(25)18-12-22-7-8-26-18/h1-4,9-10,16,18,22-23H,5-8,11-12H2,(H2,21,24). The molecular weight excluding hydrogens is 360 g/mol. The van der Waals surface area contributed by atoms with E-state index in [9.17, 15) is 4.79 Å². The summed E-state index contributed by atoms with van der Waals surface area (Å²) in [5.74, 6) is 0.528. The minimum Gasteiger partial charge on any atom is -0.368 e. The van der Waals surface area contributed by atoms with Crippen molar-refractivity contribution in [2.45, 2.75) is 25.0 Å². The molecule has 4 N–H and O–H groups in total. The number of nitrogens with one attached hydrogen (secondary N) is 4. The Hall–Kier alpha value is -2.06. The highest BCUT2D eigenvalue weighted by Crippen LogP contribution is 2.29. The molecule has 1 aromatic carbocycles. The van der Waals surface area contributed by atoms with Crippen LogP contribution in [0.3, 0.4) is 0 Å². The molecule has 1 aromatic heterocycles. The SMILES string of the molecule is N=C(Nc1ccc2c(c1)C(CC(=O)C1CNCCO1)NCC2)c1cccs1. The molecule has 4 rings (SSSR count). The van der Waals surface area contributed by atoms with Crippen LogP contribution in [0.4, 0.5) is 5.69 Å². The van der Waals surface area contributed by atoms with E-state index in [1.807, 2.05) is 23.6 Å². The minimum atomic E-state index is -0.348. The van der Waals surface area contributed by atoms with Gasteiger partial charge in [0.2, 0.25) is 0 Å². The maximum Gasteiger partial charge on any atom is 0.164 e. The molecule has 0 aliphatic carbocycles. The first kappa shape index (κ1) is 18.3. The Kier molecular flexibility index (Phi) is 5.63. The molecule has 1 fully saturated rings. The van der Waals surface area contributed by atoms with Gasteiger partial charge in [0.25, 0.3) is 0 Å². The molecule has 0 amide bonds. The lowest BCUT2D eigenvalue weighted by Gasteiger charge is -2.29. The molecule has 2 aromatic rings. The van der Waals surface area contributed by atoms with Gasteiger partial charge in [-0.3, -0.25) is 10.2 Å². The Bertz CT molecular complexity index is 815. The average Bonchev–Trinajstić information content (AvgIpc) is 3.24. The lowest BCUT2D eigenvalue weighted by atomic mass is 9.90. The second-order valence-electron chi connectivity index (χ2n) is 6.88. The molecule has 3 heterocycles. The molecule has 142 valence electrons. The van der Waals surface area contributed by atoms with Crippen LogP contribution in [0.25, 0.3) is 0 Å². The van der Waals surface area contributed by atoms with Crippen LogP contribution >= 0.6 is 11.3 Å². The summed E-state index contributed by atoms with van der Waals surface area (Å²) in [5.41, 5.74) is 3.29. The van der Waals surface area contributed by atoms with Gasteiger partial charge in [-0.15, -0.1) is 11.3 Å². The first-order valence-electron chi connectivity index (χ1n) is 9.31. The summed E-state index contributed by atoms with van der Waals surface area (Å²) in [7, 11) is 0. The predicted molar refractivity (Wildman–Crippen MR) is 108 cm³/mol. The highest BCUT2D eigenvalue weighted by atomic mass is 32.1. The fourth-order valence-electron chi connectivity index (χ4n) is 3.63. The number of thiophene rings is 1. The number of rotatable bonds is 5. The van der Waals surface area contributed by atoms with Gasteiger partial charge in [-0.2, -0.15) is 0 Å². The zero-order chi connectivity index (χ0) is 18.6. The third-order valence-corrected chi connectivity index (χ3v) is 5.92. The molecular formula is C20H24N4O2S. The van der Waals surface area contributed by atoms with Crippen molar-refractivity contribution in [3.8, 4) is 0 Å². The molecule has 1 saturated heterocycles. The van der Waals surface area contributed by atoms with Gasteiger partial charge in [0.1, 0.15) is 11.9 Å². The lowest BCUT2D eigenvalue weighted by Crippen LogP contribution is -2.44. The lowest BCUT2D eigenvalue weighted by molar-refractivity contribution is -0.132. The summed E-state index contributed by atoms with van der Waals surface area (Å²) < 4.78 is 5.61. The van der Waals surface area contributed by atoms with Crippen molar-refractivity contribution in [1.82, 2.24) is 10.6 Å². The van der Waals surface area contributed by atoms with E-state index in [4.69, 9.17) is 10.1 Å². The zero-order valence-electron chi connectivity index (χ0n) is 15.1. The second kappa shape index (κ2) is 8.31. The smallest absolute Gasteiger partial charge is 0.164 e. The van der Waals surface area contributed by atoms with E-state index in [2.05, 4.69) is 28.1 Å². The first-order chi connectivity index (χ1) is 13.2. The Morgan fingerprint density at radius 1 is 1.33 bits per heavy atom. The number of hydrogen-bond acceptors (Lipinski definition) is 6. The summed E-state index contributed by atoms with van der Waals surface area (Å²) in [6.45, 7) is 2.86. The zero-order valence-corrected chi connectivity index (χ0v) is 15.9. The number of carbonyl (C=O) groups is 1. The Morgan fingerprint density at radius 3 is 3.04 bits per heavy atom. The Balaban J connectivity index is 1.48. The number of anilines is 1. The maximum absolute atomic E-state index is 12.6. The predicted octanol–water partition coefficient (Wildman–Crippen LogP) is 2.32. The fourth-order valence-corrected chi connectivity index (χ4v) is 4.26. The first-order valence-corrected chi connectivity index (χ1v) is 10.2. The molecule has 2 aliphatic heterocycles.